The Morgan fingerprint density at radius 3 is 2.32 bits per heavy atom. The number of rotatable bonds is 11. The second-order valence-corrected chi connectivity index (χ2v) is 8.89. The molecule has 0 amide bonds. The molecule has 9 heteroatoms. The largest absolute Gasteiger partial charge is 0.493 e. The van der Waals surface area contributed by atoms with E-state index in [-0.39, 0.29) is 35.8 Å². The maximum Gasteiger partial charge on any atom is 0.211 e. The Kier molecular flexibility index (Phi) is 13.5. The summed E-state index contributed by atoms with van der Waals surface area (Å²) in [5.74, 6) is 2.15. The molecule has 0 aliphatic rings. The molecule has 0 fully saturated rings. The highest BCUT2D eigenvalue weighted by Gasteiger charge is 2.09. The predicted molar refractivity (Wildman–Crippen MR) is 127 cm³/mol. The number of sulfonamides is 1. The van der Waals surface area contributed by atoms with E-state index in [4.69, 9.17) is 4.74 Å². The third kappa shape index (κ3) is 11.1. The van der Waals surface area contributed by atoms with Crippen molar-refractivity contribution >= 4 is 40.0 Å². The molecular weight excluding hydrogens is 491 g/mol. The lowest BCUT2D eigenvalue weighted by molar-refractivity contribution is 0.271. The van der Waals surface area contributed by atoms with Crippen LogP contribution in [0.25, 0.3) is 0 Å². The number of hydrogen-bond donors (Lipinski definition) is 3. The first-order valence-electron chi connectivity index (χ1n) is 9.44. The van der Waals surface area contributed by atoms with E-state index in [1.165, 1.54) is 0 Å². The smallest absolute Gasteiger partial charge is 0.211 e. The van der Waals surface area contributed by atoms with Gasteiger partial charge >= 0.3 is 0 Å². The Balaban J connectivity index is 0.00000729. The van der Waals surface area contributed by atoms with Gasteiger partial charge < -0.3 is 15.4 Å². The monoisotopic (exact) mass is 526 g/mol. The lowest BCUT2D eigenvalue weighted by atomic mass is 10.1. The van der Waals surface area contributed by atoms with Gasteiger partial charge in [-0.05, 0) is 43.9 Å². The van der Waals surface area contributed by atoms with Crippen molar-refractivity contribution in [3.05, 3.63) is 29.8 Å². The van der Waals surface area contributed by atoms with Crippen LogP contribution in [-0.4, -0.2) is 46.9 Å². The molecule has 0 aliphatic heterocycles. The van der Waals surface area contributed by atoms with E-state index in [0.29, 0.717) is 38.0 Å². The molecule has 1 rings (SSSR count). The van der Waals surface area contributed by atoms with Crippen molar-refractivity contribution in [3.8, 4) is 5.75 Å². The van der Waals surface area contributed by atoms with Gasteiger partial charge in [0.15, 0.2) is 5.96 Å². The predicted octanol–water partition coefficient (Wildman–Crippen LogP) is 2.89. The number of aliphatic imine (C=N–C) groups is 1. The molecule has 0 radical (unpaired) electrons. The fourth-order valence-electron chi connectivity index (χ4n) is 2.22. The topological polar surface area (TPSA) is 91.8 Å². The Morgan fingerprint density at radius 2 is 1.79 bits per heavy atom. The summed E-state index contributed by atoms with van der Waals surface area (Å²) in [6, 6.07) is 8.12. The highest BCUT2D eigenvalue weighted by Crippen LogP contribution is 2.18. The van der Waals surface area contributed by atoms with Gasteiger partial charge in [0.2, 0.25) is 10.0 Å². The van der Waals surface area contributed by atoms with Gasteiger partial charge in [0.05, 0.1) is 18.4 Å². The Morgan fingerprint density at radius 1 is 1.14 bits per heavy atom. The van der Waals surface area contributed by atoms with Crippen LogP contribution in [0.1, 0.15) is 45.7 Å². The average Bonchev–Trinajstić information content (AvgIpc) is 2.65. The molecule has 1 atom stereocenters. The second kappa shape index (κ2) is 14.0. The van der Waals surface area contributed by atoms with E-state index >= 15 is 0 Å². The van der Waals surface area contributed by atoms with Gasteiger partial charge in [-0.25, -0.2) is 13.1 Å². The van der Waals surface area contributed by atoms with Gasteiger partial charge in [-0.3, -0.25) is 4.99 Å². The first-order valence-corrected chi connectivity index (χ1v) is 11.1. The number of ether oxygens (including phenoxy) is 1. The first-order chi connectivity index (χ1) is 12.8. The molecule has 1 aromatic rings. The normalized spacial score (nSPS) is 13.0. The van der Waals surface area contributed by atoms with Crippen molar-refractivity contribution in [2.45, 2.75) is 40.2 Å². The molecular formula is C19H35IN4O3S. The van der Waals surface area contributed by atoms with E-state index < -0.39 is 10.0 Å². The highest BCUT2D eigenvalue weighted by atomic mass is 127. The zero-order valence-electron chi connectivity index (χ0n) is 17.5. The minimum Gasteiger partial charge on any atom is -0.493 e. The van der Waals surface area contributed by atoms with Crippen molar-refractivity contribution in [3.63, 3.8) is 0 Å². The van der Waals surface area contributed by atoms with Crippen molar-refractivity contribution in [1.29, 1.82) is 0 Å². The molecule has 1 aromatic carbocycles. The molecule has 1 unspecified atom stereocenters. The summed E-state index contributed by atoms with van der Waals surface area (Å²) in [4.78, 5) is 4.21. The Hall–Kier alpha value is -1.07. The molecule has 28 heavy (non-hydrogen) atoms. The molecule has 0 aliphatic carbocycles. The highest BCUT2D eigenvalue weighted by molar-refractivity contribution is 14.0. The molecule has 7 nitrogen and oxygen atoms in total. The van der Waals surface area contributed by atoms with Crippen molar-refractivity contribution < 1.29 is 13.2 Å². The zero-order valence-corrected chi connectivity index (χ0v) is 20.6. The maximum atomic E-state index is 11.4. The molecule has 162 valence electrons. The maximum absolute atomic E-state index is 11.4. The lowest BCUT2D eigenvalue weighted by Crippen LogP contribution is -2.40. The standard InChI is InChI=1S/C19H34N4O3S.HI/c1-6-27(24,25)22-13-7-12-21-19(20-5)23-16(4)17-8-10-18(11-9-17)26-14-15(2)3;/h8-11,15-16,22H,6-7,12-14H2,1-5H3,(H2,20,21,23);1H. The fraction of sp³-hybridized carbons (Fsp3) is 0.632. The molecule has 3 N–H and O–H groups in total. The third-order valence-electron chi connectivity index (χ3n) is 3.89. The molecule has 0 saturated carbocycles. The summed E-state index contributed by atoms with van der Waals surface area (Å²) in [6.45, 7) is 9.67. The third-order valence-corrected chi connectivity index (χ3v) is 5.29. The SMILES string of the molecule is CCS(=O)(=O)NCCCNC(=NC)NC(C)c1ccc(OCC(C)C)cc1.I. The average molecular weight is 526 g/mol. The number of hydrogen-bond acceptors (Lipinski definition) is 4. The molecule has 0 saturated heterocycles. The van der Waals surface area contributed by atoms with Gasteiger partial charge in [0, 0.05) is 20.1 Å². The minimum atomic E-state index is -3.13. The second-order valence-electron chi connectivity index (χ2n) is 6.79. The quantitative estimate of drug-likeness (QED) is 0.179. The molecule has 0 heterocycles. The van der Waals surface area contributed by atoms with Crippen LogP contribution in [0.3, 0.4) is 0 Å². The summed E-state index contributed by atoms with van der Waals surface area (Å²) < 4.78 is 31.0. The zero-order chi connectivity index (χ0) is 20.3. The van der Waals surface area contributed by atoms with E-state index in [0.717, 1.165) is 11.3 Å². The summed E-state index contributed by atoms with van der Waals surface area (Å²) in [5.41, 5.74) is 1.13. The Bertz CT molecular complexity index is 679. The van der Waals surface area contributed by atoms with Crippen molar-refractivity contribution in [1.82, 2.24) is 15.4 Å². The van der Waals surface area contributed by atoms with Crippen LogP contribution in [0.5, 0.6) is 5.75 Å². The number of halogens is 1. The van der Waals surface area contributed by atoms with Gasteiger partial charge in [-0.15, -0.1) is 24.0 Å². The van der Waals surface area contributed by atoms with Gasteiger partial charge in [-0.2, -0.15) is 0 Å². The molecule has 0 spiro atoms. The summed E-state index contributed by atoms with van der Waals surface area (Å²) in [5, 5.41) is 6.53. The summed E-state index contributed by atoms with van der Waals surface area (Å²) in [7, 11) is -1.41. The summed E-state index contributed by atoms with van der Waals surface area (Å²) >= 11 is 0. The van der Waals surface area contributed by atoms with Crippen LogP contribution >= 0.6 is 24.0 Å². The van der Waals surface area contributed by atoms with Crippen LogP contribution in [0.4, 0.5) is 0 Å². The van der Waals surface area contributed by atoms with Crippen molar-refractivity contribution in [2.24, 2.45) is 10.9 Å². The molecule has 0 aromatic heterocycles. The van der Waals surface area contributed by atoms with Gasteiger partial charge in [-0.1, -0.05) is 26.0 Å². The lowest BCUT2D eigenvalue weighted by Gasteiger charge is -2.19. The number of nitrogens with one attached hydrogen (secondary N) is 3. The van der Waals surface area contributed by atoms with Crippen LogP contribution in [0, 0.1) is 5.92 Å². The van der Waals surface area contributed by atoms with E-state index in [9.17, 15) is 8.42 Å². The summed E-state index contributed by atoms with van der Waals surface area (Å²) in [6.07, 6.45) is 0.677. The van der Waals surface area contributed by atoms with Crippen LogP contribution in [-0.2, 0) is 10.0 Å². The van der Waals surface area contributed by atoms with Crippen LogP contribution < -0.4 is 20.1 Å². The van der Waals surface area contributed by atoms with E-state index in [2.05, 4.69) is 41.1 Å². The van der Waals surface area contributed by atoms with Crippen LogP contribution in [0.15, 0.2) is 29.3 Å². The minimum absolute atomic E-state index is 0. The number of guanidine groups is 1. The van der Waals surface area contributed by atoms with Gasteiger partial charge in [0.1, 0.15) is 5.75 Å². The molecule has 0 bridgehead atoms. The Labute approximate surface area is 187 Å². The fourth-order valence-corrected chi connectivity index (χ4v) is 2.88. The first kappa shape index (κ1) is 26.9. The van der Waals surface area contributed by atoms with E-state index in [1.807, 2.05) is 24.3 Å². The van der Waals surface area contributed by atoms with Gasteiger partial charge in [0.25, 0.3) is 0 Å². The number of nitrogens with zero attached hydrogens (tertiary/aromatic N) is 1. The van der Waals surface area contributed by atoms with Crippen LogP contribution in [0.2, 0.25) is 0 Å². The van der Waals surface area contributed by atoms with E-state index in [1.54, 1.807) is 14.0 Å². The number of benzene rings is 1. The van der Waals surface area contributed by atoms with Crippen molar-refractivity contribution in [2.75, 3.05) is 32.5 Å².